The molecule has 0 bridgehead atoms. The Bertz CT molecular complexity index is 291. The van der Waals surface area contributed by atoms with Gasteiger partial charge in [-0.2, -0.15) is 13.2 Å². The minimum absolute atomic E-state index is 0.0101. The van der Waals surface area contributed by atoms with Gasteiger partial charge in [-0.3, -0.25) is 0 Å². The van der Waals surface area contributed by atoms with Crippen molar-refractivity contribution in [1.29, 1.82) is 0 Å². The summed E-state index contributed by atoms with van der Waals surface area (Å²) in [6, 6.07) is -1.80. The Morgan fingerprint density at radius 2 is 1.83 bits per heavy atom. The van der Waals surface area contributed by atoms with Gasteiger partial charge in [-0.15, -0.1) is 0 Å². The molecule has 0 spiro atoms. The van der Waals surface area contributed by atoms with E-state index in [2.05, 4.69) is 9.47 Å². The summed E-state index contributed by atoms with van der Waals surface area (Å²) in [5.41, 5.74) is 0. The maximum atomic E-state index is 12.2. The van der Waals surface area contributed by atoms with E-state index >= 15 is 0 Å². The second kappa shape index (κ2) is 7.07. The van der Waals surface area contributed by atoms with Gasteiger partial charge in [-0.1, -0.05) is 0 Å². The highest BCUT2D eigenvalue weighted by atomic mass is 19.4. The highest BCUT2D eigenvalue weighted by molar-refractivity contribution is 5.81. The number of carbonyl (C=O) groups is 2. The van der Waals surface area contributed by atoms with Crippen LogP contribution in [0.25, 0.3) is 0 Å². The first-order valence-electron chi connectivity index (χ1n) is 5.36. The molecule has 0 saturated heterocycles. The van der Waals surface area contributed by atoms with Crippen molar-refractivity contribution in [2.24, 2.45) is 0 Å². The summed E-state index contributed by atoms with van der Waals surface area (Å²) >= 11 is 0. The van der Waals surface area contributed by atoms with E-state index in [0.29, 0.717) is 0 Å². The Balaban J connectivity index is 4.61. The van der Waals surface area contributed by atoms with Crippen molar-refractivity contribution in [2.75, 3.05) is 6.61 Å². The fraction of sp³-hybridized carbons (Fsp3) is 0.800. The summed E-state index contributed by atoms with van der Waals surface area (Å²) in [5.74, 6) is -1.14. The van der Waals surface area contributed by atoms with Gasteiger partial charge < -0.3 is 14.8 Å². The van der Waals surface area contributed by atoms with Crippen LogP contribution in [0.3, 0.4) is 0 Å². The second-order valence-corrected chi connectivity index (χ2v) is 3.72. The van der Waals surface area contributed by atoms with Crippen molar-refractivity contribution in [2.45, 2.75) is 45.5 Å². The van der Waals surface area contributed by atoms with Crippen LogP contribution in [-0.2, 0) is 14.3 Å². The summed E-state index contributed by atoms with van der Waals surface area (Å²) in [6.45, 7) is 4.47. The molecule has 0 aromatic carbocycles. The van der Waals surface area contributed by atoms with Crippen LogP contribution in [0.15, 0.2) is 0 Å². The molecule has 0 aliphatic carbocycles. The molecule has 5 nitrogen and oxygen atoms in total. The summed E-state index contributed by atoms with van der Waals surface area (Å²) in [7, 11) is 0. The first kappa shape index (κ1) is 16.5. The molecule has 1 atom stereocenters. The van der Waals surface area contributed by atoms with E-state index in [4.69, 9.17) is 0 Å². The average molecular weight is 271 g/mol. The number of ether oxygens (including phenoxy) is 2. The van der Waals surface area contributed by atoms with Crippen LogP contribution in [0.2, 0.25) is 0 Å². The lowest BCUT2D eigenvalue weighted by Gasteiger charge is -2.19. The molecule has 1 unspecified atom stereocenters. The first-order chi connectivity index (χ1) is 8.15. The number of carbonyl (C=O) groups excluding carboxylic acids is 2. The van der Waals surface area contributed by atoms with Gasteiger partial charge in [0.15, 0.2) is 0 Å². The van der Waals surface area contributed by atoms with Crippen molar-refractivity contribution in [1.82, 2.24) is 5.32 Å². The van der Waals surface area contributed by atoms with E-state index in [1.807, 2.05) is 5.32 Å². The predicted octanol–water partition coefficient (Wildman–Crippen LogP) is 2.01. The lowest BCUT2D eigenvalue weighted by Crippen LogP contribution is -2.45. The number of hydrogen-bond acceptors (Lipinski definition) is 4. The molecule has 0 aromatic heterocycles. The van der Waals surface area contributed by atoms with Gasteiger partial charge in [0, 0.05) is 0 Å². The van der Waals surface area contributed by atoms with Crippen LogP contribution in [0, 0.1) is 0 Å². The Kier molecular flexibility index (Phi) is 6.50. The van der Waals surface area contributed by atoms with E-state index in [0.717, 1.165) is 0 Å². The fourth-order valence-electron chi connectivity index (χ4n) is 1.05. The van der Waals surface area contributed by atoms with Gasteiger partial charge in [-0.05, 0) is 20.8 Å². The predicted molar refractivity (Wildman–Crippen MR) is 55.8 cm³/mol. The molecular formula is C10H16F3NO4. The van der Waals surface area contributed by atoms with Crippen LogP contribution in [0.1, 0.15) is 27.2 Å². The Morgan fingerprint density at radius 3 is 2.22 bits per heavy atom. The normalized spacial score (nSPS) is 13.1. The number of hydrogen-bond donors (Lipinski definition) is 1. The van der Waals surface area contributed by atoms with Crippen LogP contribution >= 0.6 is 0 Å². The Labute approximate surface area is 103 Å². The Morgan fingerprint density at radius 1 is 1.28 bits per heavy atom. The zero-order chi connectivity index (χ0) is 14.3. The van der Waals surface area contributed by atoms with Crippen LogP contribution < -0.4 is 5.32 Å². The number of esters is 1. The van der Waals surface area contributed by atoms with Gasteiger partial charge in [0.1, 0.15) is 6.04 Å². The molecular weight excluding hydrogens is 255 g/mol. The third kappa shape index (κ3) is 7.75. The number of amides is 1. The van der Waals surface area contributed by atoms with E-state index in [9.17, 15) is 22.8 Å². The summed E-state index contributed by atoms with van der Waals surface area (Å²) in [6.07, 6.45) is -7.76. The molecule has 8 heteroatoms. The van der Waals surface area contributed by atoms with E-state index < -0.39 is 36.8 Å². The lowest BCUT2D eigenvalue weighted by molar-refractivity contribution is -0.164. The largest absolute Gasteiger partial charge is 0.461 e. The van der Waals surface area contributed by atoms with E-state index in [-0.39, 0.29) is 6.61 Å². The SMILES string of the molecule is CCOC(=O)NC(CC(F)(F)F)C(=O)OC(C)C. The zero-order valence-electron chi connectivity index (χ0n) is 10.3. The molecule has 0 rings (SSSR count). The summed E-state index contributed by atoms with van der Waals surface area (Å²) < 4.78 is 45.8. The molecule has 18 heavy (non-hydrogen) atoms. The third-order valence-corrected chi connectivity index (χ3v) is 1.64. The quantitative estimate of drug-likeness (QED) is 0.777. The number of alkyl carbamates (subject to hydrolysis) is 1. The Hall–Kier alpha value is -1.47. The van der Waals surface area contributed by atoms with Crippen molar-refractivity contribution in [3.05, 3.63) is 0 Å². The van der Waals surface area contributed by atoms with Crippen molar-refractivity contribution >= 4 is 12.1 Å². The van der Waals surface area contributed by atoms with Gasteiger partial charge in [0.2, 0.25) is 0 Å². The van der Waals surface area contributed by atoms with Gasteiger partial charge in [0.25, 0.3) is 0 Å². The smallest absolute Gasteiger partial charge is 0.407 e. The molecule has 1 amide bonds. The van der Waals surface area contributed by atoms with Gasteiger partial charge in [-0.25, -0.2) is 9.59 Å². The van der Waals surface area contributed by atoms with Crippen molar-refractivity contribution in [3.8, 4) is 0 Å². The lowest BCUT2D eigenvalue weighted by atomic mass is 10.2. The number of nitrogens with one attached hydrogen (secondary N) is 1. The molecule has 0 radical (unpaired) electrons. The minimum atomic E-state index is -4.60. The molecule has 0 aromatic rings. The van der Waals surface area contributed by atoms with Crippen molar-refractivity contribution in [3.63, 3.8) is 0 Å². The van der Waals surface area contributed by atoms with Crippen LogP contribution in [-0.4, -0.2) is 37.0 Å². The number of halogens is 3. The fourth-order valence-corrected chi connectivity index (χ4v) is 1.05. The van der Waals surface area contributed by atoms with Crippen LogP contribution in [0.4, 0.5) is 18.0 Å². The molecule has 0 aliphatic rings. The molecule has 1 N–H and O–H groups in total. The first-order valence-corrected chi connectivity index (χ1v) is 5.36. The maximum absolute atomic E-state index is 12.2. The van der Waals surface area contributed by atoms with Gasteiger partial charge >= 0.3 is 18.2 Å². The monoisotopic (exact) mass is 271 g/mol. The molecule has 106 valence electrons. The minimum Gasteiger partial charge on any atom is -0.461 e. The molecule has 0 aliphatic heterocycles. The van der Waals surface area contributed by atoms with E-state index in [1.165, 1.54) is 20.8 Å². The average Bonchev–Trinajstić information content (AvgIpc) is 2.13. The summed E-state index contributed by atoms with van der Waals surface area (Å²) in [4.78, 5) is 22.4. The maximum Gasteiger partial charge on any atom is 0.407 e. The van der Waals surface area contributed by atoms with E-state index in [1.54, 1.807) is 0 Å². The third-order valence-electron chi connectivity index (χ3n) is 1.64. The second-order valence-electron chi connectivity index (χ2n) is 3.72. The zero-order valence-corrected chi connectivity index (χ0v) is 10.3. The highest BCUT2D eigenvalue weighted by Crippen LogP contribution is 2.22. The van der Waals surface area contributed by atoms with Crippen molar-refractivity contribution < 1.29 is 32.2 Å². The molecule has 0 heterocycles. The standard InChI is InChI=1S/C10H16F3NO4/c1-4-17-9(16)14-7(5-10(11,12)13)8(15)18-6(2)3/h6-7H,4-5H2,1-3H3,(H,14,16). The topological polar surface area (TPSA) is 64.6 Å². The molecule has 0 saturated carbocycles. The number of alkyl halides is 3. The van der Waals surface area contributed by atoms with Crippen LogP contribution in [0.5, 0.6) is 0 Å². The summed E-state index contributed by atoms with van der Waals surface area (Å²) in [5, 5.41) is 1.82. The highest BCUT2D eigenvalue weighted by Gasteiger charge is 2.37. The number of rotatable bonds is 5. The van der Waals surface area contributed by atoms with Gasteiger partial charge in [0.05, 0.1) is 19.1 Å². The molecule has 0 fully saturated rings.